The summed E-state index contributed by atoms with van der Waals surface area (Å²) in [5.74, 6) is 0. The number of nitrogens with zero attached hydrogens (tertiary/aromatic N) is 1. The van der Waals surface area contributed by atoms with Gasteiger partial charge >= 0.3 is 0 Å². The number of rotatable bonds is 2. The lowest BCUT2D eigenvalue weighted by Gasteiger charge is -2.30. The molecule has 0 atom stereocenters. The van der Waals surface area contributed by atoms with Gasteiger partial charge in [0.05, 0.1) is 0 Å². The lowest BCUT2D eigenvalue weighted by Crippen LogP contribution is -2.46. The van der Waals surface area contributed by atoms with E-state index in [1.165, 1.54) is 12.0 Å². The first-order chi connectivity index (χ1) is 8.05. The second-order valence-corrected chi connectivity index (χ2v) is 5.94. The van der Waals surface area contributed by atoms with Crippen LogP contribution in [0, 0.1) is 0 Å². The van der Waals surface area contributed by atoms with Crippen molar-refractivity contribution in [2.75, 3.05) is 19.6 Å². The minimum absolute atomic E-state index is 0.203. The van der Waals surface area contributed by atoms with Gasteiger partial charge in [-0.25, -0.2) is 0 Å². The fraction of sp³-hybridized carbons (Fsp3) is 0.571. The predicted molar refractivity (Wildman–Crippen MR) is 73.4 cm³/mol. The summed E-state index contributed by atoms with van der Waals surface area (Å²) >= 11 is 6.02. The van der Waals surface area contributed by atoms with Crippen LogP contribution in [0.1, 0.15) is 25.8 Å². The molecule has 0 bridgehead atoms. The zero-order valence-corrected chi connectivity index (χ0v) is 11.4. The quantitative estimate of drug-likeness (QED) is 0.871. The first kappa shape index (κ1) is 12.9. The van der Waals surface area contributed by atoms with E-state index in [0.717, 1.165) is 31.2 Å². The van der Waals surface area contributed by atoms with Gasteiger partial charge in [0.15, 0.2) is 0 Å². The Morgan fingerprint density at radius 1 is 1.41 bits per heavy atom. The van der Waals surface area contributed by atoms with Crippen molar-refractivity contribution in [1.82, 2.24) is 10.2 Å². The normalized spacial score (nSPS) is 21.1. The lowest BCUT2D eigenvalue weighted by molar-refractivity contribution is 0.224. The van der Waals surface area contributed by atoms with Gasteiger partial charge in [-0.3, -0.25) is 4.90 Å². The van der Waals surface area contributed by atoms with Crippen molar-refractivity contribution in [2.45, 2.75) is 32.4 Å². The maximum Gasteiger partial charge on any atom is 0.0409 e. The second kappa shape index (κ2) is 5.38. The molecule has 3 heteroatoms. The Bertz CT molecular complexity index is 376. The average Bonchev–Trinajstić information content (AvgIpc) is 2.39. The summed E-state index contributed by atoms with van der Waals surface area (Å²) < 4.78 is 0. The van der Waals surface area contributed by atoms with Crippen LogP contribution >= 0.6 is 11.6 Å². The first-order valence-electron chi connectivity index (χ1n) is 6.27. The summed E-state index contributed by atoms with van der Waals surface area (Å²) in [5, 5.41) is 4.41. The molecule has 1 N–H and O–H groups in total. The molecule has 0 radical (unpaired) electrons. The van der Waals surface area contributed by atoms with E-state index in [-0.39, 0.29) is 5.54 Å². The second-order valence-electron chi connectivity index (χ2n) is 5.50. The van der Waals surface area contributed by atoms with Crippen LogP contribution in [-0.2, 0) is 6.54 Å². The molecule has 94 valence electrons. The van der Waals surface area contributed by atoms with Crippen molar-refractivity contribution < 1.29 is 0 Å². The van der Waals surface area contributed by atoms with Gasteiger partial charge in [-0.1, -0.05) is 23.7 Å². The Morgan fingerprint density at radius 3 is 3.00 bits per heavy atom. The van der Waals surface area contributed by atoms with Crippen LogP contribution < -0.4 is 5.32 Å². The molecule has 1 fully saturated rings. The zero-order valence-electron chi connectivity index (χ0n) is 10.7. The van der Waals surface area contributed by atoms with Crippen molar-refractivity contribution >= 4 is 11.6 Å². The SMILES string of the molecule is CC1(C)CN(Cc2cccc(Cl)c2)CCCN1. The molecule has 1 saturated heterocycles. The van der Waals surface area contributed by atoms with Crippen LogP contribution in [-0.4, -0.2) is 30.1 Å². The third-order valence-corrected chi connectivity index (χ3v) is 3.40. The summed E-state index contributed by atoms with van der Waals surface area (Å²) in [7, 11) is 0. The Hall–Kier alpha value is -0.570. The summed E-state index contributed by atoms with van der Waals surface area (Å²) in [6, 6.07) is 8.17. The zero-order chi connectivity index (χ0) is 12.3. The van der Waals surface area contributed by atoms with E-state index in [1.807, 2.05) is 12.1 Å². The van der Waals surface area contributed by atoms with Gasteiger partial charge in [0, 0.05) is 23.7 Å². The van der Waals surface area contributed by atoms with Crippen molar-refractivity contribution in [3.05, 3.63) is 34.9 Å². The highest BCUT2D eigenvalue weighted by Crippen LogP contribution is 2.16. The van der Waals surface area contributed by atoms with E-state index in [9.17, 15) is 0 Å². The van der Waals surface area contributed by atoms with E-state index < -0.39 is 0 Å². The molecular weight excluding hydrogens is 232 g/mol. The monoisotopic (exact) mass is 252 g/mol. The fourth-order valence-corrected chi connectivity index (χ4v) is 2.66. The van der Waals surface area contributed by atoms with Gasteiger partial charge in [0.25, 0.3) is 0 Å². The maximum absolute atomic E-state index is 6.02. The lowest BCUT2D eigenvalue weighted by atomic mass is 10.1. The van der Waals surface area contributed by atoms with Gasteiger partial charge in [-0.05, 0) is 51.1 Å². The first-order valence-corrected chi connectivity index (χ1v) is 6.65. The van der Waals surface area contributed by atoms with Gasteiger partial charge in [-0.2, -0.15) is 0 Å². The van der Waals surface area contributed by atoms with E-state index in [1.54, 1.807) is 0 Å². The molecule has 1 aliphatic heterocycles. The molecule has 1 aliphatic rings. The summed E-state index contributed by atoms with van der Waals surface area (Å²) in [4.78, 5) is 2.51. The Balaban J connectivity index is 2.02. The average molecular weight is 253 g/mol. The summed E-state index contributed by atoms with van der Waals surface area (Å²) in [5.41, 5.74) is 1.50. The standard InChI is InChI=1S/C14H21ClN2/c1-14(2)11-17(8-4-7-16-14)10-12-5-3-6-13(15)9-12/h3,5-6,9,16H,4,7-8,10-11H2,1-2H3. The number of benzene rings is 1. The van der Waals surface area contributed by atoms with Gasteiger partial charge in [-0.15, -0.1) is 0 Å². The third kappa shape index (κ3) is 3.98. The molecule has 0 saturated carbocycles. The van der Waals surface area contributed by atoms with Crippen LogP contribution in [0.5, 0.6) is 0 Å². The Kier molecular flexibility index (Phi) is 4.08. The van der Waals surface area contributed by atoms with Gasteiger partial charge in [0.2, 0.25) is 0 Å². The van der Waals surface area contributed by atoms with Crippen molar-refractivity contribution in [3.63, 3.8) is 0 Å². The number of hydrogen-bond donors (Lipinski definition) is 1. The highest BCUT2D eigenvalue weighted by molar-refractivity contribution is 6.30. The molecule has 1 aromatic rings. The van der Waals surface area contributed by atoms with Crippen LogP contribution in [0.25, 0.3) is 0 Å². The molecule has 0 aliphatic carbocycles. The molecule has 0 spiro atoms. The molecule has 2 rings (SSSR count). The summed E-state index contributed by atoms with van der Waals surface area (Å²) in [6.45, 7) is 8.87. The summed E-state index contributed by atoms with van der Waals surface area (Å²) in [6.07, 6.45) is 1.21. The highest BCUT2D eigenvalue weighted by Gasteiger charge is 2.23. The smallest absolute Gasteiger partial charge is 0.0409 e. The topological polar surface area (TPSA) is 15.3 Å². The van der Waals surface area contributed by atoms with Crippen molar-refractivity contribution in [2.24, 2.45) is 0 Å². The molecule has 1 heterocycles. The van der Waals surface area contributed by atoms with Gasteiger partial charge in [0.1, 0.15) is 0 Å². The van der Waals surface area contributed by atoms with E-state index in [4.69, 9.17) is 11.6 Å². The number of nitrogens with one attached hydrogen (secondary N) is 1. The van der Waals surface area contributed by atoms with E-state index in [0.29, 0.717) is 0 Å². The van der Waals surface area contributed by atoms with Gasteiger partial charge < -0.3 is 5.32 Å². The fourth-order valence-electron chi connectivity index (χ4n) is 2.45. The molecule has 1 aromatic carbocycles. The largest absolute Gasteiger partial charge is 0.310 e. The van der Waals surface area contributed by atoms with E-state index in [2.05, 4.69) is 36.2 Å². The van der Waals surface area contributed by atoms with Crippen LogP contribution in [0.15, 0.2) is 24.3 Å². The molecule has 17 heavy (non-hydrogen) atoms. The number of halogens is 1. The minimum Gasteiger partial charge on any atom is -0.310 e. The third-order valence-electron chi connectivity index (χ3n) is 3.17. The maximum atomic E-state index is 6.02. The molecule has 0 aromatic heterocycles. The van der Waals surface area contributed by atoms with Crippen LogP contribution in [0.2, 0.25) is 5.02 Å². The number of hydrogen-bond acceptors (Lipinski definition) is 2. The Morgan fingerprint density at radius 2 is 2.24 bits per heavy atom. The molecular formula is C14H21ClN2. The molecule has 2 nitrogen and oxygen atoms in total. The highest BCUT2D eigenvalue weighted by atomic mass is 35.5. The van der Waals surface area contributed by atoms with Crippen LogP contribution in [0.3, 0.4) is 0 Å². The minimum atomic E-state index is 0.203. The molecule has 0 unspecified atom stereocenters. The Labute approximate surface area is 109 Å². The van der Waals surface area contributed by atoms with Crippen molar-refractivity contribution in [3.8, 4) is 0 Å². The van der Waals surface area contributed by atoms with Crippen LogP contribution in [0.4, 0.5) is 0 Å². The predicted octanol–water partition coefficient (Wildman–Crippen LogP) is 2.91. The molecule has 0 amide bonds. The van der Waals surface area contributed by atoms with E-state index >= 15 is 0 Å². The van der Waals surface area contributed by atoms with Crippen molar-refractivity contribution in [1.29, 1.82) is 0 Å².